The zero-order valence-electron chi connectivity index (χ0n) is 11.8. The SMILES string of the molecule is O=C(O)CCC(=O)c1ccc(SCc2cccc(F)c2)cc1. The zero-order valence-corrected chi connectivity index (χ0v) is 12.6. The number of thioether (sulfide) groups is 1. The van der Waals surface area contributed by atoms with Crippen LogP contribution in [0.25, 0.3) is 0 Å². The molecule has 0 aliphatic rings. The average molecular weight is 318 g/mol. The van der Waals surface area contributed by atoms with E-state index in [1.807, 2.05) is 18.2 Å². The molecule has 2 rings (SSSR count). The summed E-state index contributed by atoms with van der Waals surface area (Å²) >= 11 is 1.55. The molecule has 0 fully saturated rings. The second-order valence-corrected chi connectivity index (χ2v) is 5.81. The highest BCUT2D eigenvalue weighted by atomic mass is 32.2. The number of rotatable bonds is 7. The topological polar surface area (TPSA) is 54.4 Å². The lowest BCUT2D eigenvalue weighted by molar-refractivity contribution is -0.136. The Morgan fingerprint density at radius 3 is 2.41 bits per heavy atom. The summed E-state index contributed by atoms with van der Waals surface area (Å²) in [5.74, 6) is -0.762. The third kappa shape index (κ3) is 5.00. The Bertz CT molecular complexity index is 668. The van der Waals surface area contributed by atoms with Gasteiger partial charge in [0, 0.05) is 22.6 Å². The number of aliphatic carboxylic acids is 1. The fraction of sp³-hybridized carbons (Fsp3) is 0.176. The van der Waals surface area contributed by atoms with E-state index in [2.05, 4.69) is 0 Å². The number of benzene rings is 2. The number of carboxylic acids is 1. The van der Waals surface area contributed by atoms with E-state index in [9.17, 15) is 14.0 Å². The first-order valence-electron chi connectivity index (χ1n) is 6.77. The largest absolute Gasteiger partial charge is 0.481 e. The number of ketones is 1. The molecule has 5 heteroatoms. The van der Waals surface area contributed by atoms with E-state index < -0.39 is 5.97 Å². The van der Waals surface area contributed by atoms with Crippen LogP contribution < -0.4 is 0 Å². The summed E-state index contributed by atoms with van der Waals surface area (Å²) in [6.07, 6.45) is -0.153. The monoisotopic (exact) mass is 318 g/mol. The van der Waals surface area contributed by atoms with Gasteiger partial charge in [0.25, 0.3) is 0 Å². The van der Waals surface area contributed by atoms with Crippen LogP contribution in [0.15, 0.2) is 53.4 Å². The van der Waals surface area contributed by atoms with E-state index in [4.69, 9.17) is 5.11 Å². The first-order valence-corrected chi connectivity index (χ1v) is 7.75. The van der Waals surface area contributed by atoms with Gasteiger partial charge in [0.1, 0.15) is 5.82 Å². The van der Waals surface area contributed by atoms with Gasteiger partial charge in [-0.25, -0.2) is 4.39 Å². The van der Waals surface area contributed by atoms with Crippen molar-refractivity contribution in [3.05, 3.63) is 65.5 Å². The third-order valence-electron chi connectivity index (χ3n) is 3.04. The molecule has 3 nitrogen and oxygen atoms in total. The van der Waals surface area contributed by atoms with Crippen molar-refractivity contribution in [1.82, 2.24) is 0 Å². The summed E-state index contributed by atoms with van der Waals surface area (Å²) in [6, 6.07) is 13.5. The number of halogens is 1. The van der Waals surface area contributed by atoms with Crippen molar-refractivity contribution < 1.29 is 19.1 Å². The molecule has 0 aliphatic carbocycles. The van der Waals surface area contributed by atoms with Gasteiger partial charge in [0.15, 0.2) is 5.78 Å². The Hall–Kier alpha value is -2.14. The first-order chi connectivity index (χ1) is 10.5. The Morgan fingerprint density at radius 1 is 1.05 bits per heavy atom. The minimum Gasteiger partial charge on any atom is -0.481 e. The predicted molar refractivity (Wildman–Crippen MR) is 83.6 cm³/mol. The van der Waals surface area contributed by atoms with Crippen molar-refractivity contribution in [2.45, 2.75) is 23.5 Å². The van der Waals surface area contributed by atoms with Crippen LogP contribution in [0.4, 0.5) is 4.39 Å². The molecule has 114 valence electrons. The Kier molecular flexibility index (Phi) is 5.72. The lowest BCUT2D eigenvalue weighted by atomic mass is 10.1. The van der Waals surface area contributed by atoms with Crippen LogP contribution in [0.2, 0.25) is 0 Å². The van der Waals surface area contributed by atoms with E-state index in [0.717, 1.165) is 10.5 Å². The van der Waals surface area contributed by atoms with E-state index >= 15 is 0 Å². The van der Waals surface area contributed by atoms with Crippen molar-refractivity contribution in [3.8, 4) is 0 Å². The Labute approximate surface area is 132 Å². The van der Waals surface area contributed by atoms with Crippen LogP contribution in [0.1, 0.15) is 28.8 Å². The van der Waals surface area contributed by atoms with Crippen molar-refractivity contribution in [3.63, 3.8) is 0 Å². The number of hydrogen-bond acceptors (Lipinski definition) is 3. The molecule has 1 N–H and O–H groups in total. The van der Waals surface area contributed by atoms with Crippen LogP contribution in [-0.4, -0.2) is 16.9 Å². The summed E-state index contributed by atoms with van der Waals surface area (Å²) in [6.45, 7) is 0. The molecule has 0 saturated heterocycles. The molecule has 0 spiro atoms. The standard InChI is InChI=1S/C17H15FO3S/c18-14-3-1-2-12(10-14)11-22-15-6-4-13(5-7-15)16(19)8-9-17(20)21/h1-7,10H,8-9,11H2,(H,20,21). The molecule has 0 saturated carbocycles. The van der Waals surface area contributed by atoms with Gasteiger partial charge >= 0.3 is 5.97 Å². The summed E-state index contributed by atoms with van der Waals surface area (Å²) in [7, 11) is 0. The van der Waals surface area contributed by atoms with Gasteiger partial charge in [-0.15, -0.1) is 11.8 Å². The lowest BCUT2D eigenvalue weighted by Gasteiger charge is -2.04. The van der Waals surface area contributed by atoms with Gasteiger partial charge in [-0.2, -0.15) is 0 Å². The van der Waals surface area contributed by atoms with Gasteiger partial charge in [-0.05, 0) is 29.8 Å². The second-order valence-electron chi connectivity index (χ2n) is 4.76. The van der Waals surface area contributed by atoms with Crippen LogP contribution in [0.3, 0.4) is 0 Å². The molecule has 0 radical (unpaired) electrons. The van der Waals surface area contributed by atoms with E-state index in [1.54, 1.807) is 30.0 Å². The minimum absolute atomic E-state index is 0.00507. The molecule has 0 aliphatic heterocycles. The normalized spacial score (nSPS) is 10.4. The molecule has 22 heavy (non-hydrogen) atoms. The van der Waals surface area contributed by atoms with E-state index in [1.165, 1.54) is 12.1 Å². The van der Waals surface area contributed by atoms with Gasteiger partial charge in [-0.3, -0.25) is 9.59 Å². The molecule has 0 atom stereocenters. The number of carboxylic acid groups (broad SMARTS) is 1. The van der Waals surface area contributed by atoms with Crippen molar-refractivity contribution in [1.29, 1.82) is 0 Å². The van der Waals surface area contributed by atoms with Crippen molar-refractivity contribution in [2.24, 2.45) is 0 Å². The molecule has 0 amide bonds. The molecule has 0 bridgehead atoms. The smallest absolute Gasteiger partial charge is 0.303 e. The zero-order chi connectivity index (χ0) is 15.9. The summed E-state index contributed by atoms with van der Waals surface area (Å²) in [5.41, 5.74) is 1.41. The summed E-state index contributed by atoms with van der Waals surface area (Å²) < 4.78 is 13.1. The fourth-order valence-electron chi connectivity index (χ4n) is 1.90. The maximum atomic E-state index is 13.1. The van der Waals surface area contributed by atoms with Crippen LogP contribution in [0, 0.1) is 5.82 Å². The second kappa shape index (κ2) is 7.75. The van der Waals surface area contributed by atoms with Gasteiger partial charge in [0.05, 0.1) is 6.42 Å². The minimum atomic E-state index is -0.976. The van der Waals surface area contributed by atoms with E-state index in [-0.39, 0.29) is 24.4 Å². The number of hydrogen-bond donors (Lipinski definition) is 1. The molecular formula is C17H15FO3S. The first kappa shape index (κ1) is 16.2. The van der Waals surface area contributed by atoms with Crippen molar-refractivity contribution >= 4 is 23.5 Å². The molecule has 0 heterocycles. The van der Waals surface area contributed by atoms with Gasteiger partial charge in [-0.1, -0.05) is 24.3 Å². The number of carbonyl (C=O) groups excluding carboxylic acids is 1. The molecule has 2 aromatic carbocycles. The third-order valence-corrected chi connectivity index (χ3v) is 4.12. The molecule has 0 unspecified atom stereocenters. The van der Waals surface area contributed by atoms with Gasteiger partial charge < -0.3 is 5.11 Å². The number of carbonyl (C=O) groups is 2. The molecule has 2 aromatic rings. The maximum absolute atomic E-state index is 13.1. The highest BCUT2D eigenvalue weighted by Gasteiger charge is 2.08. The molecule has 0 aromatic heterocycles. The van der Waals surface area contributed by atoms with Crippen molar-refractivity contribution in [2.75, 3.05) is 0 Å². The highest BCUT2D eigenvalue weighted by molar-refractivity contribution is 7.98. The quantitative estimate of drug-likeness (QED) is 0.615. The fourth-order valence-corrected chi connectivity index (χ4v) is 2.74. The van der Waals surface area contributed by atoms with Crippen LogP contribution in [0.5, 0.6) is 0 Å². The van der Waals surface area contributed by atoms with Gasteiger partial charge in [0.2, 0.25) is 0 Å². The van der Waals surface area contributed by atoms with Crippen LogP contribution in [-0.2, 0) is 10.5 Å². The lowest BCUT2D eigenvalue weighted by Crippen LogP contribution is -2.03. The van der Waals surface area contributed by atoms with Crippen LogP contribution >= 0.6 is 11.8 Å². The highest BCUT2D eigenvalue weighted by Crippen LogP contribution is 2.23. The Morgan fingerprint density at radius 2 is 1.77 bits per heavy atom. The predicted octanol–water partition coefficient (Wildman–Crippen LogP) is 4.17. The summed E-state index contributed by atoms with van der Waals surface area (Å²) in [4.78, 5) is 23.2. The number of Topliss-reactive ketones (excluding diaryl/α,β-unsaturated/α-hetero) is 1. The maximum Gasteiger partial charge on any atom is 0.303 e. The molecular weight excluding hydrogens is 303 g/mol. The summed E-state index contributed by atoms with van der Waals surface area (Å²) in [5, 5.41) is 8.57. The Balaban J connectivity index is 1.91. The van der Waals surface area contributed by atoms with E-state index in [0.29, 0.717) is 11.3 Å². The average Bonchev–Trinajstić information content (AvgIpc) is 2.51.